The van der Waals surface area contributed by atoms with Gasteiger partial charge in [-0.05, 0) is 62.7 Å². The highest BCUT2D eigenvalue weighted by atomic mass is 31.1. The highest BCUT2D eigenvalue weighted by Gasteiger charge is 2.12. The molecule has 150 valence electrons. The quantitative estimate of drug-likeness (QED) is 0.380. The summed E-state index contributed by atoms with van der Waals surface area (Å²) in [5.41, 5.74) is 4.72. The van der Waals surface area contributed by atoms with Crippen molar-refractivity contribution >= 4 is 25.4 Å². The Hall–Kier alpha value is -2.44. The molecule has 0 heterocycles. The number of hydrogen-bond acceptors (Lipinski definition) is 2. The normalized spacial score (nSPS) is 12.2. The van der Waals surface area contributed by atoms with Gasteiger partial charge < -0.3 is 4.74 Å². The Labute approximate surface area is 176 Å². The summed E-state index contributed by atoms with van der Waals surface area (Å²) in [6.45, 7) is 11.2. The van der Waals surface area contributed by atoms with Crippen LogP contribution in [-0.4, -0.2) is 11.8 Å². The Balaban J connectivity index is 1.90. The van der Waals surface area contributed by atoms with Gasteiger partial charge in [0.05, 0.1) is 5.54 Å². The Bertz CT molecular complexity index is 987. The Morgan fingerprint density at radius 1 is 0.897 bits per heavy atom. The third kappa shape index (κ3) is 6.27. The molecule has 1 atom stereocenters. The van der Waals surface area contributed by atoms with Crippen LogP contribution >= 0.6 is 8.58 Å². The van der Waals surface area contributed by atoms with Gasteiger partial charge in [-0.1, -0.05) is 69.2 Å². The van der Waals surface area contributed by atoms with Crippen molar-refractivity contribution in [2.24, 2.45) is 4.99 Å². The van der Waals surface area contributed by atoms with Crippen LogP contribution in [0, 0.1) is 13.8 Å². The maximum atomic E-state index is 6.31. The van der Waals surface area contributed by atoms with E-state index in [-0.39, 0.29) is 5.54 Å². The molecule has 0 aromatic heterocycles. The topological polar surface area (TPSA) is 21.6 Å². The molecule has 0 N–H and O–H groups in total. The monoisotopic (exact) mass is 403 g/mol. The summed E-state index contributed by atoms with van der Waals surface area (Å²) in [6, 6.07) is 23.3. The van der Waals surface area contributed by atoms with Crippen LogP contribution in [-0.2, 0) is 6.61 Å². The van der Waals surface area contributed by atoms with Crippen molar-refractivity contribution in [1.82, 2.24) is 0 Å². The smallest absolute Gasteiger partial charge is 0.130 e. The van der Waals surface area contributed by atoms with Gasteiger partial charge in [0.1, 0.15) is 12.4 Å². The molecule has 0 aliphatic heterocycles. The van der Waals surface area contributed by atoms with Crippen molar-refractivity contribution in [3.63, 3.8) is 0 Å². The zero-order valence-corrected chi connectivity index (χ0v) is 19.0. The largest absolute Gasteiger partial charge is 0.488 e. The predicted octanol–water partition coefficient (Wildman–Crippen LogP) is 5.73. The first-order valence-electron chi connectivity index (χ1n) is 10.0. The highest BCUT2D eigenvalue weighted by molar-refractivity contribution is 7.56. The summed E-state index contributed by atoms with van der Waals surface area (Å²) in [6.07, 6.45) is 2.01. The molecular formula is C26H30NOP. The Kier molecular flexibility index (Phi) is 6.87. The Morgan fingerprint density at radius 3 is 2.31 bits per heavy atom. The molecule has 0 radical (unpaired) electrons. The van der Waals surface area contributed by atoms with Crippen LogP contribution in [0.5, 0.6) is 5.75 Å². The van der Waals surface area contributed by atoms with Crippen LogP contribution in [0.4, 0.5) is 0 Å². The fourth-order valence-electron chi connectivity index (χ4n) is 3.10. The van der Waals surface area contributed by atoms with Crippen LogP contribution in [0.2, 0.25) is 0 Å². The second-order valence-electron chi connectivity index (χ2n) is 8.37. The zero-order chi connectivity index (χ0) is 20.9. The fraction of sp³-hybridized carbons (Fsp3) is 0.269. The molecule has 2 nitrogen and oxygen atoms in total. The molecular weight excluding hydrogens is 373 g/mol. The molecule has 0 bridgehead atoms. The lowest BCUT2D eigenvalue weighted by molar-refractivity contribution is 0.307. The summed E-state index contributed by atoms with van der Waals surface area (Å²) in [5, 5.41) is 2.53. The first-order chi connectivity index (χ1) is 13.8. The molecule has 0 fully saturated rings. The summed E-state index contributed by atoms with van der Waals surface area (Å²) >= 11 is 0. The van der Waals surface area contributed by atoms with Gasteiger partial charge in [0.15, 0.2) is 0 Å². The molecule has 0 aliphatic carbocycles. The van der Waals surface area contributed by atoms with Crippen LogP contribution in [0.25, 0.3) is 0 Å². The minimum Gasteiger partial charge on any atom is -0.488 e. The Morgan fingerprint density at radius 2 is 1.59 bits per heavy atom. The molecule has 0 aliphatic rings. The standard InChI is InChI=1S/C26H30NOP/c1-19-15-20(2)25(28-18-21-11-7-6-8-12-21)24(16-19)29-23-14-10-9-13-22(23)17-27-26(3,4)5/h6-17,29H,18H2,1-5H3/b27-17+. The number of ether oxygens (including phenoxy) is 1. The molecule has 3 rings (SSSR count). The zero-order valence-electron chi connectivity index (χ0n) is 18.0. The molecule has 0 spiro atoms. The molecule has 0 amide bonds. The minimum absolute atomic E-state index is 0.0832. The van der Waals surface area contributed by atoms with Crippen molar-refractivity contribution in [2.45, 2.75) is 46.8 Å². The summed E-state index contributed by atoms with van der Waals surface area (Å²) in [4.78, 5) is 4.71. The summed E-state index contributed by atoms with van der Waals surface area (Å²) < 4.78 is 6.31. The van der Waals surface area contributed by atoms with Crippen molar-refractivity contribution in [1.29, 1.82) is 0 Å². The van der Waals surface area contributed by atoms with Crippen LogP contribution in [0.15, 0.2) is 71.7 Å². The molecule has 3 aromatic carbocycles. The summed E-state index contributed by atoms with van der Waals surface area (Å²) in [7, 11) is 0.512. The van der Waals surface area contributed by atoms with E-state index in [1.165, 1.54) is 32.9 Å². The lowest BCUT2D eigenvalue weighted by atomic mass is 10.1. The van der Waals surface area contributed by atoms with Crippen LogP contribution < -0.4 is 15.3 Å². The van der Waals surface area contributed by atoms with Gasteiger partial charge in [0, 0.05) is 17.1 Å². The average Bonchev–Trinajstić information content (AvgIpc) is 2.67. The number of hydrogen-bond donors (Lipinski definition) is 0. The van der Waals surface area contributed by atoms with Gasteiger partial charge in [-0.2, -0.15) is 0 Å². The number of nitrogens with zero attached hydrogens (tertiary/aromatic N) is 1. The lowest BCUT2D eigenvalue weighted by Gasteiger charge is -2.17. The minimum atomic E-state index is -0.0832. The van der Waals surface area contributed by atoms with E-state index in [4.69, 9.17) is 9.73 Å². The van der Waals surface area contributed by atoms with Crippen LogP contribution in [0.3, 0.4) is 0 Å². The average molecular weight is 404 g/mol. The van der Waals surface area contributed by atoms with Gasteiger partial charge in [0.25, 0.3) is 0 Å². The molecule has 1 unspecified atom stereocenters. The van der Waals surface area contributed by atoms with E-state index < -0.39 is 0 Å². The van der Waals surface area contributed by atoms with E-state index in [1.807, 2.05) is 24.4 Å². The molecule has 29 heavy (non-hydrogen) atoms. The first-order valence-corrected chi connectivity index (χ1v) is 11.0. The molecule has 0 saturated carbocycles. The summed E-state index contributed by atoms with van der Waals surface area (Å²) in [5.74, 6) is 1.00. The number of rotatable bonds is 6. The first kappa shape index (κ1) is 21.3. The number of aryl methyl sites for hydroxylation is 2. The van der Waals surface area contributed by atoms with Crippen molar-refractivity contribution in [2.75, 3.05) is 0 Å². The third-order valence-corrected chi connectivity index (χ3v) is 5.83. The van der Waals surface area contributed by atoms with Crippen molar-refractivity contribution < 1.29 is 4.74 Å². The molecule has 0 saturated heterocycles. The number of benzene rings is 3. The van der Waals surface area contributed by atoms with E-state index in [1.54, 1.807) is 0 Å². The maximum absolute atomic E-state index is 6.31. The molecule has 3 heteroatoms. The van der Waals surface area contributed by atoms with E-state index in [9.17, 15) is 0 Å². The van der Waals surface area contributed by atoms with Gasteiger partial charge in [-0.15, -0.1) is 0 Å². The third-order valence-electron chi connectivity index (χ3n) is 4.47. The van der Waals surface area contributed by atoms with Crippen LogP contribution in [0.1, 0.15) is 43.0 Å². The SMILES string of the molecule is Cc1cc(C)c(OCc2ccccc2)c(Pc2ccccc2/C=N/C(C)(C)C)c1. The van der Waals surface area contributed by atoms with Crippen molar-refractivity contribution in [3.05, 3.63) is 89.0 Å². The second-order valence-corrected chi connectivity index (χ2v) is 9.70. The highest BCUT2D eigenvalue weighted by Crippen LogP contribution is 2.26. The maximum Gasteiger partial charge on any atom is 0.130 e. The van der Waals surface area contributed by atoms with Crippen molar-refractivity contribution in [3.8, 4) is 5.75 Å². The van der Waals surface area contributed by atoms with Gasteiger partial charge in [0.2, 0.25) is 0 Å². The van der Waals surface area contributed by atoms with Gasteiger partial charge in [-0.3, -0.25) is 4.99 Å². The number of aliphatic imine (C=N–C) groups is 1. The predicted molar refractivity (Wildman–Crippen MR) is 128 cm³/mol. The lowest BCUT2D eigenvalue weighted by Crippen LogP contribution is -2.15. The fourth-order valence-corrected chi connectivity index (χ4v) is 4.54. The molecule has 3 aromatic rings. The second kappa shape index (κ2) is 9.37. The van der Waals surface area contributed by atoms with E-state index in [2.05, 4.69) is 83.1 Å². The van der Waals surface area contributed by atoms with E-state index >= 15 is 0 Å². The van der Waals surface area contributed by atoms with Gasteiger partial charge in [-0.25, -0.2) is 0 Å². The van der Waals surface area contributed by atoms with Gasteiger partial charge >= 0.3 is 0 Å². The van der Waals surface area contributed by atoms with E-state index in [0.29, 0.717) is 15.2 Å². The van der Waals surface area contributed by atoms with E-state index in [0.717, 1.165) is 5.75 Å².